The summed E-state index contributed by atoms with van der Waals surface area (Å²) in [4.78, 5) is 14.0. The fourth-order valence-corrected chi connectivity index (χ4v) is 3.29. The topological polar surface area (TPSA) is 52.7 Å². The molecule has 0 atom stereocenters. The van der Waals surface area contributed by atoms with Crippen LogP contribution in [0.4, 0.5) is 0 Å². The van der Waals surface area contributed by atoms with Crippen molar-refractivity contribution in [1.29, 1.82) is 0 Å². The molecule has 0 aromatic carbocycles. The van der Waals surface area contributed by atoms with Crippen LogP contribution in [0.15, 0.2) is 21.7 Å². The van der Waals surface area contributed by atoms with Gasteiger partial charge in [-0.25, -0.2) is 0 Å². The van der Waals surface area contributed by atoms with Gasteiger partial charge < -0.3 is 4.57 Å². The molecule has 0 aliphatic heterocycles. The number of halogens is 1. The average Bonchev–Trinajstić information content (AvgIpc) is 2.81. The Hall–Kier alpha value is -1.43. The Labute approximate surface area is 119 Å². The fraction of sp³-hybridized carbons (Fsp3) is 0.462. The number of fused-ring (bicyclic) bond motifs is 1. The molecule has 1 aliphatic rings. The SMILES string of the molecule is Cn1ncc(Cn2cc(Br)c3c(c2=O)CCCC3)n1. The second kappa shape index (κ2) is 4.92. The fourth-order valence-electron chi connectivity index (χ4n) is 2.60. The monoisotopic (exact) mass is 322 g/mol. The summed E-state index contributed by atoms with van der Waals surface area (Å²) in [6.07, 6.45) is 7.72. The Morgan fingerprint density at radius 3 is 2.74 bits per heavy atom. The molecule has 0 radical (unpaired) electrons. The summed E-state index contributed by atoms with van der Waals surface area (Å²) in [5.41, 5.74) is 3.06. The Kier molecular flexibility index (Phi) is 3.26. The molecular weight excluding hydrogens is 308 g/mol. The van der Waals surface area contributed by atoms with Gasteiger partial charge in [0, 0.05) is 23.3 Å². The summed E-state index contributed by atoms with van der Waals surface area (Å²) in [7, 11) is 1.77. The molecule has 100 valence electrons. The van der Waals surface area contributed by atoms with Gasteiger partial charge in [0.2, 0.25) is 0 Å². The van der Waals surface area contributed by atoms with E-state index >= 15 is 0 Å². The normalized spacial score (nSPS) is 14.4. The molecule has 19 heavy (non-hydrogen) atoms. The van der Waals surface area contributed by atoms with Crippen molar-refractivity contribution in [2.45, 2.75) is 32.2 Å². The largest absolute Gasteiger partial charge is 0.308 e. The van der Waals surface area contributed by atoms with E-state index in [1.54, 1.807) is 17.8 Å². The summed E-state index contributed by atoms with van der Waals surface area (Å²) in [6, 6.07) is 0. The first-order valence-electron chi connectivity index (χ1n) is 6.41. The zero-order valence-electron chi connectivity index (χ0n) is 10.8. The first-order valence-corrected chi connectivity index (χ1v) is 7.20. The molecule has 0 fully saturated rings. The van der Waals surface area contributed by atoms with E-state index in [0.717, 1.165) is 35.0 Å². The van der Waals surface area contributed by atoms with E-state index in [-0.39, 0.29) is 5.56 Å². The summed E-state index contributed by atoms with van der Waals surface area (Å²) in [6.45, 7) is 0.471. The van der Waals surface area contributed by atoms with E-state index in [4.69, 9.17) is 0 Å². The number of aryl methyl sites for hydroxylation is 1. The van der Waals surface area contributed by atoms with Gasteiger partial charge in [-0.2, -0.15) is 15.0 Å². The van der Waals surface area contributed by atoms with E-state index in [0.29, 0.717) is 6.54 Å². The van der Waals surface area contributed by atoms with Gasteiger partial charge in [-0.15, -0.1) is 0 Å². The van der Waals surface area contributed by atoms with Gasteiger partial charge in [-0.3, -0.25) is 4.79 Å². The van der Waals surface area contributed by atoms with Crippen LogP contribution >= 0.6 is 15.9 Å². The maximum Gasteiger partial charge on any atom is 0.254 e. The highest BCUT2D eigenvalue weighted by Crippen LogP contribution is 2.25. The molecule has 5 nitrogen and oxygen atoms in total. The molecule has 0 N–H and O–H groups in total. The molecule has 2 heterocycles. The van der Waals surface area contributed by atoms with E-state index in [2.05, 4.69) is 26.1 Å². The lowest BCUT2D eigenvalue weighted by molar-refractivity contribution is 0.621. The molecular formula is C13H15BrN4O. The minimum Gasteiger partial charge on any atom is -0.308 e. The van der Waals surface area contributed by atoms with Crippen LogP contribution in [0.3, 0.4) is 0 Å². The third-order valence-electron chi connectivity index (χ3n) is 3.52. The molecule has 0 bridgehead atoms. The second-order valence-electron chi connectivity index (χ2n) is 4.90. The summed E-state index contributed by atoms with van der Waals surface area (Å²) in [5.74, 6) is 0. The number of rotatable bonds is 2. The molecule has 0 amide bonds. The van der Waals surface area contributed by atoms with E-state index in [1.807, 2.05) is 6.20 Å². The van der Waals surface area contributed by atoms with Gasteiger partial charge in [0.1, 0.15) is 5.69 Å². The summed E-state index contributed by atoms with van der Waals surface area (Å²) < 4.78 is 2.75. The van der Waals surface area contributed by atoms with Crippen LogP contribution in [0.25, 0.3) is 0 Å². The first-order chi connectivity index (χ1) is 9.15. The zero-order valence-corrected chi connectivity index (χ0v) is 12.4. The van der Waals surface area contributed by atoms with Gasteiger partial charge in [0.05, 0.1) is 12.7 Å². The predicted octanol–water partition coefficient (Wildman–Crippen LogP) is 1.67. The molecule has 0 saturated heterocycles. The average molecular weight is 323 g/mol. The molecule has 0 spiro atoms. The van der Waals surface area contributed by atoms with Gasteiger partial charge in [-0.05, 0) is 47.2 Å². The maximum absolute atomic E-state index is 12.5. The molecule has 2 aromatic rings. The highest BCUT2D eigenvalue weighted by Gasteiger charge is 2.18. The molecule has 0 saturated carbocycles. The Bertz CT molecular complexity index is 674. The highest BCUT2D eigenvalue weighted by molar-refractivity contribution is 9.10. The van der Waals surface area contributed by atoms with Crippen LogP contribution in [0.2, 0.25) is 0 Å². The molecule has 6 heteroatoms. The van der Waals surface area contributed by atoms with Gasteiger partial charge in [-0.1, -0.05) is 0 Å². The first kappa shape index (κ1) is 12.6. The van der Waals surface area contributed by atoms with Crippen LogP contribution in [0.1, 0.15) is 29.7 Å². The van der Waals surface area contributed by atoms with Gasteiger partial charge in [0.25, 0.3) is 5.56 Å². The van der Waals surface area contributed by atoms with Crippen molar-refractivity contribution in [3.63, 3.8) is 0 Å². The van der Waals surface area contributed by atoms with Crippen LogP contribution in [-0.2, 0) is 26.4 Å². The lowest BCUT2D eigenvalue weighted by atomic mass is 9.93. The molecule has 3 rings (SSSR count). The van der Waals surface area contributed by atoms with E-state index in [1.165, 1.54) is 16.8 Å². The Morgan fingerprint density at radius 2 is 2.05 bits per heavy atom. The van der Waals surface area contributed by atoms with Crippen molar-refractivity contribution in [2.75, 3.05) is 0 Å². The zero-order chi connectivity index (χ0) is 13.4. The Balaban J connectivity index is 2.02. The molecule has 2 aromatic heterocycles. The van der Waals surface area contributed by atoms with Crippen LogP contribution in [0.5, 0.6) is 0 Å². The summed E-state index contributed by atoms with van der Waals surface area (Å²) in [5, 5.41) is 8.25. The summed E-state index contributed by atoms with van der Waals surface area (Å²) >= 11 is 3.58. The maximum atomic E-state index is 12.5. The molecule has 1 aliphatic carbocycles. The van der Waals surface area contributed by atoms with Crippen molar-refractivity contribution in [1.82, 2.24) is 19.6 Å². The van der Waals surface area contributed by atoms with Crippen molar-refractivity contribution < 1.29 is 0 Å². The number of aromatic nitrogens is 4. The van der Waals surface area contributed by atoms with Crippen molar-refractivity contribution in [2.24, 2.45) is 7.05 Å². The molecule has 0 unspecified atom stereocenters. The number of nitrogens with zero attached hydrogens (tertiary/aromatic N) is 4. The second-order valence-corrected chi connectivity index (χ2v) is 5.75. The van der Waals surface area contributed by atoms with E-state index < -0.39 is 0 Å². The quantitative estimate of drug-likeness (QED) is 0.845. The standard InChI is InChI=1S/C13H15BrN4O/c1-17-15-6-9(16-17)7-18-8-12(14)10-4-2-3-5-11(10)13(18)19/h6,8H,2-5,7H2,1H3. The lowest BCUT2D eigenvalue weighted by Crippen LogP contribution is -2.27. The minimum atomic E-state index is 0.114. The minimum absolute atomic E-state index is 0.114. The van der Waals surface area contributed by atoms with Gasteiger partial charge in [0.15, 0.2) is 0 Å². The Morgan fingerprint density at radius 1 is 1.32 bits per heavy atom. The van der Waals surface area contributed by atoms with Crippen molar-refractivity contribution in [3.05, 3.63) is 44.0 Å². The van der Waals surface area contributed by atoms with Crippen LogP contribution in [-0.4, -0.2) is 19.6 Å². The van der Waals surface area contributed by atoms with Gasteiger partial charge >= 0.3 is 0 Å². The van der Waals surface area contributed by atoms with Crippen molar-refractivity contribution in [3.8, 4) is 0 Å². The van der Waals surface area contributed by atoms with Crippen LogP contribution < -0.4 is 5.56 Å². The number of hydrogen-bond acceptors (Lipinski definition) is 3. The smallest absolute Gasteiger partial charge is 0.254 e. The number of pyridine rings is 1. The third kappa shape index (κ3) is 2.36. The van der Waals surface area contributed by atoms with Crippen LogP contribution in [0, 0.1) is 0 Å². The predicted molar refractivity (Wildman–Crippen MR) is 75.1 cm³/mol. The van der Waals surface area contributed by atoms with E-state index in [9.17, 15) is 4.79 Å². The lowest BCUT2D eigenvalue weighted by Gasteiger charge is -2.18. The van der Waals surface area contributed by atoms with Crippen molar-refractivity contribution >= 4 is 15.9 Å². The number of hydrogen-bond donors (Lipinski definition) is 0. The highest BCUT2D eigenvalue weighted by atomic mass is 79.9. The third-order valence-corrected chi connectivity index (χ3v) is 4.21.